The van der Waals surface area contributed by atoms with E-state index in [0.717, 1.165) is 15.6 Å². The molecule has 0 amide bonds. The largest absolute Gasteiger partial charge is 0.481 e. The van der Waals surface area contributed by atoms with E-state index in [1.54, 1.807) is 6.07 Å². The van der Waals surface area contributed by atoms with Gasteiger partial charge in [-0.1, -0.05) is 6.07 Å². The van der Waals surface area contributed by atoms with Gasteiger partial charge in [0.1, 0.15) is 5.82 Å². The van der Waals surface area contributed by atoms with Crippen molar-refractivity contribution in [2.75, 3.05) is 0 Å². The van der Waals surface area contributed by atoms with Gasteiger partial charge < -0.3 is 5.11 Å². The van der Waals surface area contributed by atoms with E-state index >= 15 is 0 Å². The molecule has 0 bridgehead atoms. The van der Waals surface area contributed by atoms with Crippen LogP contribution in [0, 0.1) is 11.7 Å². The van der Waals surface area contributed by atoms with Crippen LogP contribution in [0.2, 0.25) is 0 Å². The van der Waals surface area contributed by atoms with Crippen LogP contribution in [0.3, 0.4) is 0 Å². The number of fused-ring (bicyclic) bond motifs is 1. The van der Waals surface area contributed by atoms with E-state index in [1.165, 1.54) is 23.5 Å². The lowest BCUT2D eigenvalue weighted by molar-refractivity contribution is -0.138. The highest BCUT2D eigenvalue weighted by Gasteiger charge is 2.45. The predicted molar refractivity (Wildman–Crippen MR) is 60.3 cm³/mol. The molecule has 1 aromatic heterocycles. The second-order valence-electron chi connectivity index (χ2n) is 4.12. The summed E-state index contributed by atoms with van der Waals surface area (Å²) in [7, 11) is 0. The monoisotopic (exact) mass is 236 g/mol. The van der Waals surface area contributed by atoms with E-state index in [-0.39, 0.29) is 17.7 Å². The standard InChI is InChI=1S/C12H9FO2S/c13-6-1-2-7-10(5-16-11(7)3-6)8-4-9(8)12(14)15/h1-3,5,8-9H,4H2,(H,14,15)/t8-,9-/m1/s1. The summed E-state index contributed by atoms with van der Waals surface area (Å²) < 4.78 is 13.9. The molecule has 1 fully saturated rings. The van der Waals surface area contributed by atoms with Gasteiger partial charge in [-0.05, 0) is 40.8 Å². The number of hydrogen-bond donors (Lipinski definition) is 1. The molecule has 4 heteroatoms. The number of benzene rings is 1. The minimum Gasteiger partial charge on any atom is -0.481 e. The SMILES string of the molecule is O=C(O)[C@@H]1C[C@H]1c1csc2cc(F)ccc12. The Hall–Kier alpha value is -1.42. The number of thiophene rings is 1. The summed E-state index contributed by atoms with van der Waals surface area (Å²) in [5, 5.41) is 11.8. The van der Waals surface area contributed by atoms with Crippen LogP contribution in [-0.2, 0) is 4.79 Å². The van der Waals surface area contributed by atoms with Gasteiger partial charge in [0.25, 0.3) is 0 Å². The number of aliphatic carboxylic acids is 1. The molecule has 0 aliphatic heterocycles. The summed E-state index contributed by atoms with van der Waals surface area (Å²) in [6, 6.07) is 4.67. The topological polar surface area (TPSA) is 37.3 Å². The van der Waals surface area contributed by atoms with Crippen LogP contribution >= 0.6 is 11.3 Å². The molecule has 82 valence electrons. The summed E-state index contributed by atoms with van der Waals surface area (Å²) in [5.74, 6) is -1.10. The molecule has 1 N–H and O–H groups in total. The zero-order valence-corrected chi connectivity index (χ0v) is 9.13. The molecule has 0 radical (unpaired) electrons. The third kappa shape index (κ3) is 1.41. The highest BCUT2D eigenvalue weighted by atomic mass is 32.1. The third-order valence-electron chi connectivity index (χ3n) is 3.07. The fourth-order valence-corrected chi connectivity index (χ4v) is 3.17. The second kappa shape index (κ2) is 3.28. The summed E-state index contributed by atoms with van der Waals surface area (Å²) in [4.78, 5) is 10.8. The Labute approximate surface area is 95.3 Å². The van der Waals surface area contributed by atoms with Gasteiger partial charge >= 0.3 is 5.97 Å². The molecule has 2 nitrogen and oxygen atoms in total. The lowest BCUT2D eigenvalue weighted by atomic mass is 10.1. The average Bonchev–Trinajstić information content (AvgIpc) is 2.93. The molecule has 0 saturated heterocycles. The van der Waals surface area contributed by atoms with E-state index in [4.69, 9.17) is 5.11 Å². The normalized spacial score (nSPS) is 23.6. The smallest absolute Gasteiger partial charge is 0.307 e. The maximum atomic E-state index is 13.0. The summed E-state index contributed by atoms with van der Waals surface area (Å²) in [6.07, 6.45) is 0.707. The van der Waals surface area contributed by atoms with E-state index in [9.17, 15) is 9.18 Å². The first-order valence-corrected chi connectivity index (χ1v) is 5.94. The molecule has 2 aromatic rings. The van der Waals surface area contributed by atoms with Crippen molar-refractivity contribution in [3.05, 3.63) is 35.0 Å². The van der Waals surface area contributed by atoms with Crippen LogP contribution in [0.1, 0.15) is 17.9 Å². The van der Waals surface area contributed by atoms with E-state index in [1.807, 2.05) is 5.38 Å². The number of rotatable bonds is 2. The van der Waals surface area contributed by atoms with Crippen LogP contribution in [0.15, 0.2) is 23.6 Å². The van der Waals surface area contributed by atoms with Crippen molar-refractivity contribution in [2.45, 2.75) is 12.3 Å². The second-order valence-corrected chi connectivity index (χ2v) is 5.03. The van der Waals surface area contributed by atoms with Crippen LogP contribution in [0.5, 0.6) is 0 Å². The average molecular weight is 236 g/mol. The molecular weight excluding hydrogens is 227 g/mol. The van der Waals surface area contributed by atoms with E-state index in [0.29, 0.717) is 6.42 Å². The number of hydrogen-bond acceptors (Lipinski definition) is 2. The zero-order chi connectivity index (χ0) is 11.3. The van der Waals surface area contributed by atoms with Crippen molar-refractivity contribution >= 4 is 27.4 Å². The van der Waals surface area contributed by atoms with Gasteiger partial charge in [0.15, 0.2) is 0 Å². The molecule has 1 aliphatic rings. The van der Waals surface area contributed by atoms with E-state index in [2.05, 4.69) is 0 Å². The lowest BCUT2D eigenvalue weighted by Crippen LogP contribution is -1.98. The number of carboxylic acids is 1. The van der Waals surface area contributed by atoms with Gasteiger partial charge in [0, 0.05) is 4.70 Å². The minimum absolute atomic E-state index is 0.122. The van der Waals surface area contributed by atoms with Gasteiger partial charge in [-0.3, -0.25) is 4.79 Å². The van der Waals surface area contributed by atoms with Crippen LogP contribution in [0.4, 0.5) is 4.39 Å². The minimum atomic E-state index is -0.730. The lowest BCUT2D eigenvalue weighted by Gasteiger charge is -1.96. The molecule has 1 saturated carbocycles. The van der Waals surface area contributed by atoms with Crippen molar-refractivity contribution in [1.29, 1.82) is 0 Å². The Balaban J connectivity index is 2.03. The van der Waals surface area contributed by atoms with E-state index < -0.39 is 5.97 Å². The molecule has 1 aromatic carbocycles. The first-order chi connectivity index (χ1) is 7.66. The Morgan fingerprint density at radius 3 is 3.00 bits per heavy atom. The summed E-state index contributed by atoms with van der Waals surface area (Å²) in [6.45, 7) is 0. The van der Waals surface area contributed by atoms with Gasteiger partial charge in [0.2, 0.25) is 0 Å². The molecule has 1 aliphatic carbocycles. The number of carbonyl (C=O) groups is 1. The fraction of sp³-hybridized carbons (Fsp3) is 0.250. The van der Waals surface area contributed by atoms with Crippen molar-refractivity contribution in [1.82, 2.24) is 0 Å². The summed E-state index contributed by atoms with van der Waals surface area (Å²) in [5.41, 5.74) is 1.06. The highest BCUT2D eigenvalue weighted by Crippen LogP contribution is 2.50. The van der Waals surface area contributed by atoms with Crippen molar-refractivity contribution < 1.29 is 14.3 Å². The molecular formula is C12H9FO2S. The summed E-state index contributed by atoms with van der Waals surface area (Å²) >= 11 is 1.48. The molecule has 1 heterocycles. The molecule has 0 spiro atoms. The van der Waals surface area contributed by atoms with Crippen LogP contribution < -0.4 is 0 Å². The molecule has 3 rings (SSSR count). The van der Waals surface area contributed by atoms with Gasteiger partial charge in [-0.25, -0.2) is 4.39 Å². The maximum Gasteiger partial charge on any atom is 0.307 e. The van der Waals surface area contributed by atoms with Crippen molar-refractivity contribution in [3.8, 4) is 0 Å². The first-order valence-electron chi connectivity index (χ1n) is 5.06. The number of carboxylic acid groups (broad SMARTS) is 1. The highest BCUT2D eigenvalue weighted by molar-refractivity contribution is 7.17. The van der Waals surface area contributed by atoms with Gasteiger partial charge in [-0.2, -0.15) is 0 Å². The quantitative estimate of drug-likeness (QED) is 0.869. The third-order valence-corrected chi connectivity index (χ3v) is 4.04. The van der Waals surface area contributed by atoms with Crippen LogP contribution in [0.25, 0.3) is 10.1 Å². The van der Waals surface area contributed by atoms with Gasteiger partial charge in [-0.15, -0.1) is 11.3 Å². The Kier molecular flexibility index (Phi) is 2.01. The molecule has 16 heavy (non-hydrogen) atoms. The molecule has 0 unspecified atom stereocenters. The zero-order valence-electron chi connectivity index (χ0n) is 8.31. The number of halogens is 1. The Bertz CT molecular complexity index is 575. The predicted octanol–water partition coefficient (Wildman–Crippen LogP) is 3.23. The Morgan fingerprint density at radius 1 is 1.50 bits per heavy atom. The first kappa shape index (κ1) is 9.78. The molecule has 2 atom stereocenters. The van der Waals surface area contributed by atoms with Gasteiger partial charge in [0.05, 0.1) is 5.92 Å². The fourth-order valence-electron chi connectivity index (χ4n) is 2.12. The van der Waals surface area contributed by atoms with Crippen molar-refractivity contribution in [2.24, 2.45) is 5.92 Å². The van der Waals surface area contributed by atoms with Crippen molar-refractivity contribution in [3.63, 3.8) is 0 Å². The Morgan fingerprint density at radius 2 is 2.31 bits per heavy atom. The maximum absolute atomic E-state index is 13.0. The van der Waals surface area contributed by atoms with Crippen LogP contribution in [-0.4, -0.2) is 11.1 Å².